The fourth-order valence-corrected chi connectivity index (χ4v) is 4.44. The quantitative estimate of drug-likeness (QED) is 0.665. The summed E-state index contributed by atoms with van der Waals surface area (Å²) in [5.74, 6) is -0.803. The summed E-state index contributed by atoms with van der Waals surface area (Å²) in [7, 11) is 0. The molecule has 0 aromatic carbocycles. The van der Waals surface area contributed by atoms with Crippen molar-refractivity contribution in [2.24, 2.45) is 22.7 Å². The lowest BCUT2D eigenvalue weighted by atomic mass is 9.62. The van der Waals surface area contributed by atoms with Gasteiger partial charge in [0.1, 0.15) is 0 Å². The molecule has 2 bridgehead atoms. The average molecular weight is 219 g/mol. The van der Waals surface area contributed by atoms with Crippen LogP contribution in [0.1, 0.15) is 45.4 Å². The molecule has 3 atom stereocenters. The molecular formula is C14H19O2-. The fourth-order valence-electron chi connectivity index (χ4n) is 4.44. The van der Waals surface area contributed by atoms with Gasteiger partial charge in [-0.3, -0.25) is 0 Å². The van der Waals surface area contributed by atoms with Gasteiger partial charge in [0.05, 0.1) is 0 Å². The van der Waals surface area contributed by atoms with Gasteiger partial charge in [0, 0.05) is 11.9 Å². The highest BCUT2D eigenvalue weighted by Gasteiger charge is 2.56. The topological polar surface area (TPSA) is 40.1 Å². The van der Waals surface area contributed by atoms with Crippen molar-refractivity contribution in [1.82, 2.24) is 0 Å². The highest BCUT2D eigenvalue weighted by atomic mass is 16.4. The Morgan fingerprint density at radius 1 is 1.31 bits per heavy atom. The van der Waals surface area contributed by atoms with Crippen molar-refractivity contribution in [3.63, 3.8) is 0 Å². The lowest BCUT2D eigenvalue weighted by Gasteiger charge is -2.42. The molecule has 2 saturated carbocycles. The van der Waals surface area contributed by atoms with Crippen molar-refractivity contribution in [2.75, 3.05) is 0 Å². The van der Waals surface area contributed by atoms with E-state index < -0.39 is 5.97 Å². The monoisotopic (exact) mass is 219 g/mol. The number of hydrogen-bond donors (Lipinski definition) is 0. The van der Waals surface area contributed by atoms with E-state index in [1.54, 1.807) is 0 Å². The van der Waals surface area contributed by atoms with E-state index in [-0.39, 0.29) is 17.3 Å². The van der Waals surface area contributed by atoms with E-state index in [1.807, 2.05) is 0 Å². The average Bonchev–Trinajstić information content (AvgIpc) is 2.90. The first-order chi connectivity index (χ1) is 7.56. The van der Waals surface area contributed by atoms with Gasteiger partial charge < -0.3 is 9.90 Å². The smallest absolute Gasteiger partial charge is 0.0451 e. The van der Waals surface area contributed by atoms with E-state index in [0.717, 1.165) is 12.8 Å². The van der Waals surface area contributed by atoms with Crippen LogP contribution in [-0.4, -0.2) is 5.97 Å². The lowest BCUT2D eigenvalue weighted by molar-refractivity contribution is -0.312. The predicted octanol–water partition coefficient (Wildman–Crippen LogP) is 1.90. The second kappa shape index (κ2) is 3.12. The molecule has 3 unspecified atom stereocenters. The molecule has 0 aliphatic heterocycles. The van der Waals surface area contributed by atoms with Crippen molar-refractivity contribution in [3.8, 4) is 0 Å². The van der Waals surface area contributed by atoms with Gasteiger partial charge >= 0.3 is 0 Å². The predicted molar refractivity (Wildman–Crippen MR) is 59.4 cm³/mol. The van der Waals surface area contributed by atoms with Gasteiger partial charge in [-0.1, -0.05) is 31.9 Å². The first-order valence-electron chi connectivity index (χ1n) is 6.47. The Balaban J connectivity index is 1.91. The van der Waals surface area contributed by atoms with Gasteiger partial charge in [-0.15, -0.1) is 0 Å². The Morgan fingerprint density at radius 2 is 2.00 bits per heavy atom. The summed E-state index contributed by atoms with van der Waals surface area (Å²) < 4.78 is 0. The van der Waals surface area contributed by atoms with E-state index in [4.69, 9.17) is 0 Å². The van der Waals surface area contributed by atoms with Crippen LogP contribution in [-0.2, 0) is 4.79 Å². The SMILES string of the molecule is CC1(C23C=CC(C2)C(C(=O)[O-])C3)CCCC1. The summed E-state index contributed by atoms with van der Waals surface area (Å²) in [5.41, 5.74) is 0.529. The van der Waals surface area contributed by atoms with Gasteiger partial charge in [0.15, 0.2) is 0 Å². The first-order valence-corrected chi connectivity index (χ1v) is 6.47. The Bertz CT molecular complexity index is 352. The minimum Gasteiger partial charge on any atom is -0.550 e. The third-order valence-corrected chi connectivity index (χ3v) is 5.58. The van der Waals surface area contributed by atoms with Crippen molar-refractivity contribution in [1.29, 1.82) is 0 Å². The molecule has 0 N–H and O–H groups in total. The van der Waals surface area contributed by atoms with E-state index in [2.05, 4.69) is 19.1 Å². The zero-order valence-electron chi connectivity index (χ0n) is 9.87. The summed E-state index contributed by atoms with van der Waals surface area (Å²) >= 11 is 0. The molecule has 0 aromatic heterocycles. The zero-order valence-corrected chi connectivity index (χ0v) is 9.87. The molecule has 0 saturated heterocycles. The highest BCUT2D eigenvalue weighted by Crippen LogP contribution is 2.65. The Kier molecular flexibility index (Phi) is 2.02. The van der Waals surface area contributed by atoms with Crippen LogP contribution in [0.25, 0.3) is 0 Å². The van der Waals surface area contributed by atoms with Gasteiger partial charge in [0.2, 0.25) is 0 Å². The van der Waals surface area contributed by atoms with Gasteiger partial charge in [-0.2, -0.15) is 0 Å². The molecule has 3 aliphatic carbocycles. The van der Waals surface area contributed by atoms with E-state index in [0.29, 0.717) is 5.41 Å². The van der Waals surface area contributed by atoms with Crippen LogP contribution < -0.4 is 5.11 Å². The van der Waals surface area contributed by atoms with Gasteiger partial charge in [-0.05, 0) is 42.4 Å². The molecule has 16 heavy (non-hydrogen) atoms. The largest absolute Gasteiger partial charge is 0.550 e. The Morgan fingerprint density at radius 3 is 2.56 bits per heavy atom. The lowest BCUT2D eigenvalue weighted by Crippen LogP contribution is -2.38. The second-order valence-electron chi connectivity index (χ2n) is 6.28. The van der Waals surface area contributed by atoms with E-state index >= 15 is 0 Å². The van der Waals surface area contributed by atoms with Crippen LogP contribution in [0.2, 0.25) is 0 Å². The maximum atomic E-state index is 11.1. The van der Waals surface area contributed by atoms with Gasteiger partial charge in [0.25, 0.3) is 0 Å². The fraction of sp³-hybridized carbons (Fsp3) is 0.786. The summed E-state index contributed by atoms with van der Waals surface area (Å²) in [5, 5.41) is 11.1. The zero-order chi connectivity index (χ0) is 11.4. The molecular weight excluding hydrogens is 200 g/mol. The molecule has 3 rings (SSSR count). The summed E-state index contributed by atoms with van der Waals surface area (Å²) in [4.78, 5) is 11.1. The molecule has 2 heteroatoms. The van der Waals surface area contributed by atoms with E-state index in [9.17, 15) is 9.90 Å². The van der Waals surface area contributed by atoms with Gasteiger partial charge in [-0.25, -0.2) is 0 Å². The minimum absolute atomic E-state index is 0.179. The molecule has 0 aromatic rings. The van der Waals surface area contributed by atoms with Crippen molar-refractivity contribution in [2.45, 2.75) is 45.4 Å². The third-order valence-electron chi connectivity index (χ3n) is 5.58. The number of carboxylic acid groups (broad SMARTS) is 1. The van der Waals surface area contributed by atoms with Crippen LogP contribution in [0.5, 0.6) is 0 Å². The van der Waals surface area contributed by atoms with E-state index in [1.165, 1.54) is 25.7 Å². The molecule has 3 aliphatic rings. The number of aliphatic carboxylic acids is 1. The van der Waals surface area contributed by atoms with Crippen LogP contribution in [0.4, 0.5) is 0 Å². The standard InChI is InChI=1S/C14H20O2/c1-13(5-2-3-6-13)14-7-4-10(8-14)11(9-14)12(15)16/h4,7,10-11H,2-3,5-6,8-9H2,1H3,(H,15,16)/p-1. The first kappa shape index (κ1) is 10.4. The molecule has 0 spiro atoms. The Labute approximate surface area is 96.7 Å². The number of carboxylic acids is 1. The Hall–Kier alpha value is -0.790. The van der Waals surface area contributed by atoms with Crippen molar-refractivity contribution >= 4 is 5.97 Å². The summed E-state index contributed by atoms with van der Waals surface area (Å²) in [6.45, 7) is 2.37. The number of carbonyl (C=O) groups is 1. The molecule has 0 heterocycles. The number of allylic oxidation sites excluding steroid dienone is 2. The maximum Gasteiger partial charge on any atom is 0.0451 e. The normalized spacial score (nSPS) is 44.1. The second-order valence-corrected chi connectivity index (χ2v) is 6.28. The van der Waals surface area contributed by atoms with Crippen LogP contribution in [0.3, 0.4) is 0 Å². The van der Waals surface area contributed by atoms with Crippen LogP contribution >= 0.6 is 0 Å². The van der Waals surface area contributed by atoms with Crippen molar-refractivity contribution in [3.05, 3.63) is 12.2 Å². The molecule has 0 amide bonds. The number of carbonyl (C=O) groups excluding carboxylic acids is 1. The molecule has 2 fully saturated rings. The molecule has 0 radical (unpaired) electrons. The maximum absolute atomic E-state index is 11.1. The summed E-state index contributed by atoms with van der Waals surface area (Å²) in [6.07, 6.45) is 11.5. The third kappa shape index (κ3) is 1.16. The number of hydrogen-bond acceptors (Lipinski definition) is 2. The summed E-state index contributed by atoms with van der Waals surface area (Å²) in [6, 6.07) is 0. The highest BCUT2D eigenvalue weighted by molar-refractivity contribution is 5.70. The number of rotatable bonds is 2. The molecule has 88 valence electrons. The number of fused-ring (bicyclic) bond motifs is 2. The minimum atomic E-state index is -0.835. The van der Waals surface area contributed by atoms with Crippen LogP contribution in [0, 0.1) is 22.7 Å². The van der Waals surface area contributed by atoms with Crippen LogP contribution in [0.15, 0.2) is 12.2 Å². The van der Waals surface area contributed by atoms with Crippen molar-refractivity contribution < 1.29 is 9.90 Å². The molecule has 2 nitrogen and oxygen atoms in total.